The van der Waals surface area contributed by atoms with Crippen LogP contribution in [0.25, 0.3) is 0 Å². The minimum Gasteiger partial charge on any atom is -0.491 e. The molecule has 1 aromatic rings. The van der Waals surface area contributed by atoms with Crippen LogP contribution in [0.15, 0.2) is 23.1 Å². The van der Waals surface area contributed by atoms with Crippen molar-refractivity contribution in [2.75, 3.05) is 13.1 Å². The first-order chi connectivity index (χ1) is 10.2. The van der Waals surface area contributed by atoms with Gasteiger partial charge in [0.15, 0.2) is 0 Å². The van der Waals surface area contributed by atoms with Gasteiger partial charge in [-0.1, -0.05) is 0 Å². The van der Waals surface area contributed by atoms with E-state index in [1.54, 1.807) is 22.5 Å². The second-order valence-electron chi connectivity index (χ2n) is 6.36. The molecule has 1 aliphatic heterocycles. The highest BCUT2D eigenvalue weighted by Crippen LogP contribution is 2.28. The summed E-state index contributed by atoms with van der Waals surface area (Å²) in [5.74, 6) is 0.961. The summed E-state index contributed by atoms with van der Waals surface area (Å²) in [6, 6.07) is 5.07. The Bertz CT molecular complexity index is 626. The molecule has 2 N–H and O–H groups in total. The van der Waals surface area contributed by atoms with Crippen LogP contribution in [0, 0.1) is 12.8 Å². The average Bonchev–Trinajstić information content (AvgIpc) is 2.91. The number of benzene rings is 1. The monoisotopic (exact) mass is 326 g/mol. The number of rotatable bonds is 5. The molecule has 2 rings (SSSR count). The van der Waals surface area contributed by atoms with Gasteiger partial charge in [0.2, 0.25) is 10.0 Å². The van der Waals surface area contributed by atoms with Crippen molar-refractivity contribution in [3.8, 4) is 5.75 Å². The maximum atomic E-state index is 12.7. The molecule has 0 amide bonds. The van der Waals surface area contributed by atoms with E-state index in [-0.39, 0.29) is 18.1 Å². The maximum Gasteiger partial charge on any atom is 0.243 e. The smallest absolute Gasteiger partial charge is 0.243 e. The third-order valence-electron chi connectivity index (χ3n) is 4.08. The highest BCUT2D eigenvalue weighted by Gasteiger charge is 2.34. The van der Waals surface area contributed by atoms with Crippen molar-refractivity contribution in [1.29, 1.82) is 0 Å². The van der Waals surface area contributed by atoms with Crippen LogP contribution < -0.4 is 10.5 Å². The summed E-state index contributed by atoms with van der Waals surface area (Å²) in [7, 11) is -3.45. The first kappa shape index (κ1) is 17.2. The zero-order valence-electron chi connectivity index (χ0n) is 13.7. The molecule has 0 bridgehead atoms. The number of aryl methyl sites for hydroxylation is 1. The third kappa shape index (κ3) is 3.62. The van der Waals surface area contributed by atoms with Crippen molar-refractivity contribution in [2.24, 2.45) is 11.7 Å². The summed E-state index contributed by atoms with van der Waals surface area (Å²) in [6.07, 6.45) is 0.885. The number of hydrogen-bond acceptors (Lipinski definition) is 4. The topological polar surface area (TPSA) is 72.6 Å². The molecule has 0 aromatic heterocycles. The van der Waals surface area contributed by atoms with Crippen LogP contribution in [-0.4, -0.2) is 38.0 Å². The number of ether oxygens (including phenoxy) is 1. The molecule has 0 spiro atoms. The van der Waals surface area contributed by atoms with E-state index in [1.807, 2.05) is 27.7 Å². The van der Waals surface area contributed by atoms with Gasteiger partial charge in [-0.25, -0.2) is 8.42 Å². The van der Waals surface area contributed by atoms with Crippen LogP contribution in [0.4, 0.5) is 0 Å². The van der Waals surface area contributed by atoms with E-state index >= 15 is 0 Å². The number of nitrogens with zero attached hydrogens (tertiary/aromatic N) is 1. The number of sulfonamides is 1. The van der Waals surface area contributed by atoms with Crippen molar-refractivity contribution >= 4 is 10.0 Å². The Kier molecular flexibility index (Phi) is 5.14. The van der Waals surface area contributed by atoms with E-state index in [2.05, 4.69) is 0 Å². The number of hydrogen-bond donors (Lipinski definition) is 1. The van der Waals surface area contributed by atoms with Gasteiger partial charge in [0.25, 0.3) is 0 Å². The predicted molar refractivity (Wildman–Crippen MR) is 87.5 cm³/mol. The highest BCUT2D eigenvalue weighted by molar-refractivity contribution is 7.89. The summed E-state index contributed by atoms with van der Waals surface area (Å²) in [5, 5.41) is 0. The van der Waals surface area contributed by atoms with Gasteiger partial charge >= 0.3 is 0 Å². The highest BCUT2D eigenvalue weighted by atomic mass is 32.2. The lowest BCUT2D eigenvalue weighted by Gasteiger charge is -2.19. The minimum atomic E-state index is -3.45. The fraction of sp³-hybridized carbons (Fsp3) is 0.625. The molecule has 1 aromatic carbocycles. The van der Waals surface area contributed by atoms with Crippen molar-refractivity contribution in [3.05, 3.63) is 23.8 Å². The summed E-state index contributed by atoms with van der Waals surface area (Å²) >= 11 is 0. The molecule has 1 saturated heterocycles. The molecule has 2 unspecified atom stereocenters. The standard InChI is InChI=1S/C16H26N2O3S/c1-11(2)21-16-6-5-15(9-12(16)3)22(19,20)18-8-7-14(10-18)13(4)17/h5-6,9,11,13-14H,7-8,10,17H2,1-4H3. The van der Waals surface area contributed by atoms with E-state index in [1.165, 1.54) is 0 Å². The van der Waals surface area contributed by atoms with Crippen LogP contribution in [0.3, 0.4) is 0 Å². The maximum absolute atomic E-state index is 12.7. The summed E-state index contributed by atoms with van der Waals surface area (Å²) in [6.45, 7) is 8.74. The van der Waals surface area contributed by atoms with E-state index < -0.39 is 10.0 Å². The molecule has 6 heteroatoms. The molecule has 0 aliphatic carbocycles. The Balaban J connectivity index is 2.22. The van der Waals surface area contributed by atoms with E-state index in [4.69, 9.17) is 10.5 Å². The van der Waals surface area contributed by atoms with Crippen LogP contribution in [0.5, 0.6) is 5.75 Å². The average molecular weight is 326 g/mol. The molecule has 124 valence electrons. The van der Waals surface area contributed by atoms with Gasteiger partial charge in [-0.05, 0) is 63.8 Å². The normalized spacial score (nSPS) is 21.3. The van der Waals surface area contributed by atoms with Gasteiger partial charge in [-0.3, -0.25) is 0 Å². The molecule has 2 atom stereocenters. The van der Waals surface area contributed by atoms with Crippen LogP contribution in [0.1, 0.15) is 32.8 Å². The van der Waals surface area contributed by atoms with E-state index in [0.717, 1.165) is 17.7 Å². The van der Waals surface area contributed by atoms with Gasteiger partial charge in [0, 0.05) is 19.1 Å². The van der Waals surface area contributed by atoms with Gasteiger partial charge in [-0.15, -0.1) is 0 Å². The van der Waals surface area contributed by atoms with Crippen molar-refractivity contribution in [2.45, 2.75) is 51.2 Å². The Hall–Kier alpha value is -1.11. The zero-order chi connectivity index (χ0) is 16.5. The molecule has 1 aliphatic rings. The second kappa shape index (κ2) is 6.56. The van der Waals surface area contributed by atoms with Crippen molar-refractivity contribution in [1.82, 2.24) is 4.31 Å². The molecule has 22 heavy (non-hydrogen) atoms. The lowest BCUT2D eigenvalue weighted by atomic mass is 10.0. The lowest BCUT2D eigenvalue weighted by molar-refractivity contribution is 0.240. The molecular weight excluding hydrogens is 300 g/mol. The van der Waals surface area contributed by atoms with Crippen LogP contribution >= 0.6 is 0 Å². The second-order valence-corrected chi connectivity index (χ2v) is 8.30. The number of nitrogens with two attached hydrogens (primary N) is 1. The molecule has 5 nitrogen and oxygen atoms in total. The Morgan fingerprint density at radius 1 is 1.32 bits per heavy atom. The summed E-state index contributed by atoms with van der Waals surface area (Å²) in [5.41, 5.74) is 6.73. The molecule has 0 radical (unpaired) electrons. The quantitative estimate of drug-likeness (QED) is 0.900. The largest absolute Gasteiger partial charge is 0.491 e. The first-order valence-electron chi connectivity index (χ1n) is 7.75. The summed E-state index contributed by atoms with van der Waals surface area (Å²) in [4.78, 5) is 0.325. The van der Waals surface area contributed by atoms with E-state index in [9.17, 15) is 8.42 Å². The molecule has 1 heterocycles. The Morgan fingerprint density at radius 2 is 2.00 bits per heavy atom. The molecule has 1 fully saturated rings. The summed E-state index contributed by atoms with van der Waals surface area (Å²) < 4.78 is 32.7. The van der Waals surface area contributed by atoms with Crippen molar-refractivity contribution in [3.63, 3.8) is 0 Å². The van der Waals surface area contributed by atoms with Gasteiger partial charge in [-0.2, -0.15) is 4.31 Å². The predicted octanol–water partition coefficient (Wildman–Crippen LogP) is 2.14. The van der Waals surface area contributed by atoms with Crippen LogP contribution in [0.2, 0.25) is 0 Å². The molecule has 0 saturated carbocycles. The molecular formula is C16H26N2O3S. The van der Waals surface area contributed by atoms with Crippen molar-refractivity contribution < 1.29 is 13.2 Å². The van der Waals surface area contributed by atoms with E-state index in [0.29, 0.717) is 18.0 Å². The Morgan fingerprint density at radius 3 is 2.50 bits per heavy atom. The van der Waals surface area contributed by atoms with Crippen LogP contribution in [-0.2, 0) is 10.0 Å². The van der Waals surface area contributed by atoms with Gasteiger partial charge < -0.3 is 10.5 Å². The van der Waals surface area contributed by atoms with Gasteiger partial charge in [0.05, 0.1) is 11.0 Å². The minimum absolute atomic E-state index is 0.0174. The fourth-order valence-corrected chi connectivity index (χ4v) is 4.32. The zero-order valence-corrected chi connectivity index (χ0v) is 14.6. The third-order valence-corrected chi connectivity index (χ3v) is 5.94. The fourth-order valence-electron chi connectivity index (χ4n) is 2.72. The first-order valence-corrected chi connectivity index (χ1v) is 9.19. The SMILES string of the molecule is Cc1cc(S(=O)(=O)N2CCC(C(C)N)C2)ccc1OC(C)C. The lowest BCUT2D eigenvalue weighted by Crippen LogP contribution is -2.33. The van der Waals surface area contributed by atoms with Gasteiger partial charge in [0.1, 0.15) is 5.75 Å². The Labute approximate surface area is 133 Å².